The third kappa shape index (κ3) is 1.36. The van der Waals surface area contributed by atoms with E-state index in [2.05, 4.69) is 46.4 Å². The lowest BCUT2D eigenvalue weighted by atomic mass is 10.0. The van der Waals surface area contributed by atoms with Gasteiger partial charge in [0.2, 0.25) is 6.20 Å². The molecular formula is C17H14N3+. The third-order valence-corrected chi connectivity index (χ3v) is 4.17. The van der Waals surface area contributed by atoms with Crippen LogP contribution >= 0.6 is 0 Å². The molecule has 1 aliphatic rings. The van der Waals surface area contributed by atoms with E-state index in [0.717, 1.165) is 12.1 Å². The van der Waals surface area contributed by atoms with Gasteiger partial charge in [-0.15, -0.1) is 9.36 Å². The van der Waals surface area contributed by atoms with Gasteiger partial charge in [-0.1, -0.05) is 12.1 Å². The molecule has 0 atom stereocenters. The van der Waals surface area contributed by atoms with Crippen LogP contribution in [-0.2, 0) is 6.54 Å². The number of aromatic nitrogens is 2. The molecule has 1 aliphatic heterocycles. The van der Waals surface area contributed by atoms with Crippen molar-refractivity contribution in [2.24, 2.45) is 0 Å². The van der Waals surface area contributed by atoms with Gasteiger partial charge >= 0.3 is 0 Å². The molecule has 3 heteroatoms. The molecule has 0 aliphatic carbocycles. The van der Waals surface area contributed by atoms with E-state index in [1.807, 2.05) is 18.2 Å². The van der Waals surface area contributed by atoms with Crippen molar-refractivity contribution in [1.82, 2.24) is 4.68 Å². The van der Waals surface area contributed by atoms with Crippen LogP contribution in [0.3, 0.4) is 0 Å². The molecule has 0 saturated heterocycles. The van der Waals surface area contributed by atoms with E-state index in [1.165, 1.54) is 27.8 Å². The lowest BCUT2D eigenvalue weighted by Crippen LogP contribution is -2.36. The monoisotopic (exact) mass is 260 g/mol. The van der Waals surface area contributed by atoms with Crippen molar-refractivity contribution in [1.29, 1.82) is 0 Å². The second kappa shape index (κ2) is 3.71. The minimum Gasteiger partial charge on any atom is -0.238 e. The highest BCUT2D eigenvalue weighted by Crippen LogP contribution is 2.29. The Morgan fingerprint density at radius 3 is 2.75 bits per heavy atom. The first-order valence-electron chi connectivity index (χ1n) is 6.70. The second-order valence-electron chi connectivity index (χ2n) is 5.46. The zero-order valence-corrected chi connectivity index (χ0v) is 11.5. The van der Waals surface area contributed by atoms with Gasteiger partial charge in [0.05, 0.1) is 12.0 Å². The van der Waals surface area contributed by atoms with Crippen LogP contribution in [0.5, 0.6) is 0 Å². The largest absolute Gasteiger partial charge is 0.238 e. The van der Waals surface area contributed by atoms with Gasteiger partial charge in [-0.05, 0) is 43.2 Å². The molecule has 2 aromatic carbocycles. The molecule has 0 spiro atoms. The fourth-order valence-electron chi connectivity index (χ4n) is 2.99. The molecule has 2 heterocycles. The van der Waals surface area contributed by atoms with Gasteiger partial charge < -0.3 is 0 Å². The number of benzene rings is 2. The van der Waals surface area contributed by atoms with Gasteiger partial charge in [-0.2, -0.15) is 0 Å². The van der Waals surface area contributed by atoms with Crippen molar-refractivity contribution >= 4 is 16.6 Å². The fourth-order valence-corrected chi connectivity index (χ4v) is 2.99. The third-order valence-electron chi connectivity index (χ3n) is 4.17. The van der Waals surface area contributed by atoms with Crippen molar-refractivity contribution in [3.05, 3.63) is 64.6 Å². The van der Waals surface area contributed by atoms with Crippen LogP contribution in [0, 0.1) is 20.4 Å². The van der Waals surface area contributed by atoms with Gasteiger partial charge in [-0.3, -0.25) is 0 Å². The Morgan fingerprint density at radius 1 is 1.15 bits per heavy atom. The zero-order valence-electron chi connectivity index (χ0n) is 11.5. The highest BCUT2D eigenvalue weighted by atomic mass is 15.4. The van der Waals surface area contributed by atoms with Crippen LogP contribution in [0.4, 0.5) is 5.69 Å². The molecule has 3 aromatic rings. The minimum absolute atomic E-state index is 0.691. The molecule has 0 bridgehead atoms. The number of hydrogen-bond donors (Lipinski definition) is 0. The molecule has 96 valence electrons. The Balaban J connectivity index is 2.07. The Kier molecular flexibility index (Phi) is 2.08. The van der Waals surface area contributed by atoms with E-state index < -0.39 is 0 Å². The maximum absolute atomic E-state index is 7.19. The maximum Gasteiger partial charge on any atom is 0.204 e. The molecule has 0 unspecified atom stereocenters. The zero-order chi connectivity index (χ0) is 13.9. The molecule has 0 N–H and O–H groups in total. The maximum atomic E-state index is 7.19. The van der Waals surface area contributed by atoms with E-state index in [-0.39, 0.29) is 0 Å². The number of rotatable bonds is 0. The van der Waals surface area contributed by atoms with Crippen molar-refractivity contribution in [2.45, 2.75) is 20.4 Å². The Hall–Kier alpha value is -2.60. The average molecular weight is 260 g/mol. The SMILES string of the molecule is [C-]#[N+]c1ccc2c[n+]3n(c2c1)-c1cc(C)c(C)cc1C3. The van der Waals surface area contributed by atoms with Crippen LogP contribution in [0.2, 0.25) is 0 Å². The highest BCUT2D eigenvalue weighted by Gasteiger charge is 2.28. The summed E-state index contributed by atoms with van der Waals surface area (Å²) in [5, 5.41) is 1.18. The van der Waals surface area contributed by atoms with Crippen molar-refractivity contribution < 1.29 is 4.68 Å². The molecule has 0 radical (unpaired) electrons. The molecule has 0 fully saturated rings. The molecule has 4 rings (SSSR count). The Morgan fingerprint density at radius 2 is 1.95 bits per heavy atom. The minimum atomic E-state index is 0.691. The summed E-state index contributed by atoms with van der Waals surface area (Å²) in [5.41, 5.74) is 7.03. The lowest BCUT2D eigenvalue weighted by molar-refractivity contribution is -0.749. The van der Waals surface area contributed by atoms with Crippen molar-refractivity contribution in [3.63, 3.8) is 0 Å². The van der Waals surface area contributed by atoms with Crippen LogP contribution < -0.4 is 4.68 Å². The van der Waals surface area contributed by atoms with Gasteiger partial charge in [-0.25, -0.2) is 4.85 Å². The summed E-state index contributed by atoms with van der Waals surface area (Å²) in [7, 11) is 0. The molecule has 0 amide bonds. The first-order valence-corrected chi connectivity index (χ1v) is 6.70. The van der Waals surface area contributed by atoms with E-state index in [4.69, 9.17) is 6.57 Å². The topological polar surface area (TPSA) is 13.2 Å². The van der Waals surface area contributed by atoms with E-state index >= 15 is 0 Å². The predicted molar refractivity (Wildman–Crippen MR) is 78.3 cm³/mol. The summed E-state index contributed by atoms with van der Waals surface area (Å²) in [6, 6.07) is 10.4. The molecule has 0 saturated carbocycles. The summed E-state index contributed by atoms with van der Waals surface area (Å²) in [4.78, 5) is 3.54. The van der Waals surface area contributed by atoms with E-state index in [9.17, 15) is 0 Å². The first kappa shape index (κ1) is 11.2. The predicted octanol–water partition coefficient (Wildman–Crippen LogP) is 3.45. The first-order chi connectivity index (χ1) is 9.67. The van der Waals surface area contributed by atoms with Crippen molar-refractivity contribution in [2.75, 3.05) is 0 Å². The second-order valence-corrected chi connectivity index (χ2v) is 5.46. The summed E-state index contributed by atoms with van der Waals surface area (Å²) < 4.78 is 4.45. The Labute approximate surface area is 117 Å². The summed E-state index contributed by atoms with van der Waals surface area (Å²) in [6.45, 7) is 12.4. The fraction of sp³-hybridized carbons (Fsp3) is 0.176. The molecule has 1 aromatic heterocycles. The number of aryl methyl sites for hydroxylation is 2. The molecular weight excluding hydrogens is 246 g/mol. The lowest BCUT2D eigenvalue weighted by Gasteiger charge is -2.03. The highest BCUT2D eigenvalue weighted by molar-refractivity contribution is 5.83. The summed E-state index contributed by atoms with van der Waals surface area (Å²) in [5.74, 6) is 0. The number of nitrogens with zero attached hydrogens (tertiary/aromatic N) is 3. The van der Waals surface area contributed by atoms with Gasteiger partial charge in [0, 0.05) is 5.56 Å². The van der Waals surface area contributed by atoms with Crippen LogP contribution in [0.15, 0.2) is 36.5 Å². The van der Waals surface area contributed by atoms with Gasteiger partial charge in [0.25, 0.3) is 0 Å². The standard InChI is InChI=1S/C17H14N3/c1-11-6-14-10-19-9-13-4-5-15(18-3)8-17(13)20(19)16(14)7-12(11)2/h4-9H,10H2,1-2H3/q+1. The normalized spacial score (nSPS) is 12.2. The number of hydrogen-bond acceptors (Lipinski definition) is 0. The van der Waals surface area contributed by atoms with Gasteiger partial charge in [0.15, 0.2) is 12.2 Å². The molecule has 3 nitrogen and oxygen atoms in total. The van der Waals surface area contributed by atoms with Crippen LogP contribution in [0.1, 0.15) is 16.7 Å². The average Bonchev–Trinajstić information content (AvgIpc) is 2.94. The van der Waals surface area contributed by atoms with Crippen molar-refractivity contribution in [3.8, 4) is 5.69 Å². The quantitative estimate of drug-likeness (QED) is 0.339. The van der Waals surface area contributed by atoms with E-state index in [1.54, 1.807) is 0 Å². The van der Waals surface area contributed by atoms with Gasteiger partial charge in [0.1, 0.15) is 11.2 Å². The Bertz CT molecular complexity index is 910. The number of fused-ring (bicyclic) bond motifs is 5. The van der Waals surface area contributed by atoms with E-state index in [0.29, 0.717) is 5.69 Å². The summed E-state index contributed by atoms with van der Waals surface area (Å²) in [6.07, 6.45) is 2.16. The molecule has 20 heavy (non-hydrogen) atoms. The van der Waals surface area contributed by atoms with Crippen LogP contribution in [0.25, 0.3) is 21.4 Å². The smallest absolute Gasteiger partial charge is 0.204 e. The summed E-state index contributed by atoms with van der Waals surface area (Å²) >= 11 is 0. The van der Waals surface area contributed by atoms with Crippen LogP contribution in [-0.4, -0.2) is 4.68 Å².